The van der Waals surface area contributed by atoms with E-state index >= 15 is 0 Å². The number of nitrogens with one attached hydrogen (secondary N) is 1. The Bertz CT molecular complexity index is 884. The lowest BCUT2D eigenvalue weighted by atomic mass is 9.80. The molecule has 3 rings (SSSR count). The van der Waals surface area contributed by atoms with Crippen LogP contribution in [0.3, 0.4) is 0 Å². The third-order valence-corrected chi connectivity index (χ3v) is 5.92. The number of ether oxygens (including phenoxy) is 1. The number of fused-ring (bicyclic) bond motifs is 1. The molecule has 0 saturated carbocycles. The van der Waals surface area contributed by atoms with Crippen molar-refractivity contribution in [1.82, 2.24) is 4.72 Å². The highest BCUT2D eigenvalue weighted by molar-refractivity contribution is 7.89. The van der Waals surface area contributed by atoms with Gasteiger partial charge in [0.15, 0.2) is 11.6 Å². The monoisotopic (exact) mass is 365 g/mol. The molecule has 5 nitrogen and oxygen atoms in total. The molecule has 7 heteroatoms. The maximum Gasteiger partial charge on any atom is 0.240 e. The summed E-state index contributed by atoms with van der Waals surface area (Å²) in [4.78, 5) is -0.203. The molecule has 0 spiro atoms. The number of methoxy groups -OCH3 is 1. The van der Waals surface area contributed by atoms with Crippen molar-refractivity contribution in [3.05, 3.63) is 59.4 Å². The van der Waals surface area contributed by atoms with E-state index in [2.05, 4.69) is 4.72 Å². The Hall–Kier alpha value is -1.96. The molecule has 1 aliphatic carbocycles. The molecule has 2 aromatic rings. The molecule has 0 radical (unpaired) electrons. The molecular formula is C18H20FNO4S. The molecule has 0 bridgehead atoms. The second-order valence-corrected chi connectivity index (χ2v) is 8.06. The fourth-order valence-corrected chi connectivity index (χ4v) is 4.19. The van der Waals surface area contributed by atoms with Gasteiger partial charge < -0.3 is 9.84 Å². The minimum atomic E-state index is -3.93. The van der Waals surface area contributed by atoms with Crippen molar-refractivity contribution < 1.29 is 22.7 Å². The van der Waals surface area contributed by atoms with Crippen LogP contribution < -0.4 is 9.46 Å². The summed E-state index contributed by atoms with van der Waals surface area (Å²) in [6, 6.07) is 11.2. The van der Waals surface area contributed by atoms with Gasteiger partial charge in [-0.25, -0.2) is 17.5 Å². The standard InChI is InChI=1S/C18H20FNO4S/c1-24-17-7-6-15(10-16(17)19)25(22,23)20-12-18(21)9-8-13-4-2-3-5-14(13)11-18/h2-7,10,20-21H,8-9,11-12H2,1H3/t18-/m1/s1. The number of rotatable bonds is 5. The van der Waals surface area contributed by atoms with Crippen LogP contribution in [0.2, 0.25) is 0 Å². The van der Waals surface area contributed by atoms with Crippen LogP contribution in [0, 0.1) is 5.82 Å². The summed E-state index contributed by atoms with van der Waals surface area (Å²) in [5.41, 5.74) is 1.03. The van der Waals surface area contributed by atoms with Gasteiger partial charge in [-0.05, 0) is 42.2 Å². The quantitative estimate of drug-likeness (QED) is 0.850. The molecule has 2 aromatic carbocycles. The highest BCUT2D eigenvalue weighted by Gasteiger charge is 2.33. The van der Waals surface area contributed by atoms with Crippen LogP contribution in [-0.4, -0.2) is 32.8 Å². The first kappa shape index (κ1) is 17.8. The number of aliphatic hydroxyl groups is 1. The summed E-state index contributed by atoms with van der Waals surface area (Å²) in [5, 5.41) is 10.7. The second kappa shape index (κ2) is 6.74. The van der Waals surface area contributed by atoms with Crippen molar-refractivity contribution in [2.45, 2.75) is 29.8 Å². The van der Waals surface area contributed by atoms with Gasteiger partial charge in [0, 0.05) is 13.0 Å². The predicted octanol–water partition coefficient (Wildman–Crippen LogP) is 2.03. The van der Waals surface area contributed by atoms with Crippen molar-refractivity contribution in [3.8, 4) is 5.75 Å². The van der Waals surface area contributed by atoms with Gasteiger partial charge in [-0.15, -0.1) is 0 Å². The topological polar surface area (TPSA) is 75.6 Å². The first-order valence-corrected chi connectivity index (χ1v) is 9.44. The maximum absolute atomic E-state index is 13.7. The van der Waals surface area contributed by atoms with Crippen LogP contribution >= 0.6 is 0 Å². The van der Waals surface area contributed by atoms with E-state index in [0.29, 0.717) is 19.3 Å². The van der Waals surface area contributed by atoms with E-state index in [1.807, 2.05) is 24.3 Å². The first-order valence-electron chi connectivity index (χ1n) is 7.95. The van der Waals surface area contributed by atoms with Crippen LogP contribution in [0.15, 0.2) is 47.4 Å². The number of hydrogen-bond acceptors (Lipinski definition) is 4. The molecule has 1 atom stereocenters. The van der Waals surface area contributed by atoms with E-state index in [1.165, 1.54) is 24.8 Å². The van der Waals surface area contributed by atoms with Crippen molar-refractivity contribution in [2.24, 2.45) is 0 Å². The Morgan fingerprint density at radius 1 is 1.24 bits per heavy atom. The lowest BCUT2D eigenvalue weighted by Crippen LogP contribution is -2.46. The summed E-state index contributed by atoms with van der Waals surface area (Å²) < 4.78 is 45.7. The molecular weight excluding hydrogens is 345 g/mol. The third kappa shape index (κ3) is 3.84. The molecule has 0 saturated heterocycles. The Labute approximate surface area is 146 Å². The fourth-order valence-electron chi connectivity index (χ4n) is 3.06. The molecule has 134 valence electrons. The summed E-state index contributed by atoms with van der Waals surface area (Å²) in [6.07, 6.45) is 1.53. The first-order chi connectivity index (χ1) is 11.8. The summed E-state index contributed by atoms with van der Waals surface area (Å²) >= 11 is 0. The highest BCUT2D eigenvalue weighted by atomic mass is 32.2. The van der Waals surface area contributed by atoms with Gasteiger partial charge in [0.2, 0.25) is 10.0 Å². The minimum absolute atomic E-state index is 0.0264. The van der Waals surface area contributed by atoms with Gasteiger partial charge >= 0.3 is 0 Å². The maximum atomic E-state index is 13.7. The lowest BCUT2D eigenvalue weighted by Gasteiger charge is -2.33. The van der Waals surface area contributed by atoms with Crippen molar-refractivity contribution in [1.29, 1.82) is 0 Å². The molecule has 25 heavy (non-hydrogen) atoms. The van der Waals surface area contributed by atoms with E-state index in [9.17, 15) is 17.9 Å². The molecule has 0 aliphatic heterocycles. The average molecular weight is 365 g/mol. The van der Waals surface area contributed by atoms with E-state index in [4.69, 9.17) is 4.74 Å². The minimum Gasteiger partial charge on any atom is -0.494 e. The van der Waals surface area contributed by atoms with Crippen LogP contribution in [0.1, 0.15) is 17.5 Å². The summed E-state index contributed by atoms with van der Waals surface area (Å²) in [6.45, 7) is -0.128. The number of halogens is 1. The number of benzene rings is 2. The number of aryl methyl sites for hydroxylation is 1. The van der Waals surface area contributed by atoms with Crippen LogP contribution in [0.4, 0.5) is 4.39 Å². The largest absolute Gasteiger partial charge is 0.494 e. The van der Waals surface area contributed by atoms with E-state index < -0.39 is 21.4 Å². The van der Waals surface area contributed by atoms with Crippen molar-refractivity contribution in [3.63, 3.8) is 0 Å². The molecule has 1 aliphatic rings. The van der Waals surface area contributed by atoms with Gasteiger partial charge in [0.25, 0.3) is 0 Å². The number of sulfonamides is 1. The highest BCUT2D eigenvalue weighted by Crippen LogP contribution is 2.29. The second-order valence-electron chi connectivity index (χ2n) is 6.29. The zero-order valence-electron chi connectivity index (χ0n) is 13.8. The molecule has 0 unspecified atom stereocenters. The van der Waals surface area contributed by atoms with E-state index in [-0.39, 0.29) is 17.2 Å². The van der Waals surface area contributed by atoms with Crippen molar-refractivity contribution in [2.75, 3.05) is 13.7 Å². The Morgan fingerprint density at radius 2 is 1.96 bits per heavy atom. The SMILES string of the molecule is COc1ccc(S(=O)(=O)NC[C@@]2(O)CCc3ccccc3C2)cc1F. The number of hydrogen-bond donors (Lipinski definition) is 2. The summed E-state index contributed by atoms with van der Waals surface area (Å²) in [5.74, 6) is -0.780. The molecule has 0 fully saturated rings. The zero-order valence-corrected chi connectivity index (χ0v) is 14.6. The normalized spacial score (nSPS) is 20.1. The van der Waals surface area contributed by atoms with E-state index in [1.54, 1.807) is 0 Å². The van der Waals surface area contributed by atoms with Crippen LogP contribution in [0.5, 0.6) is 5.75 Å². The van der Waals surface area contributed by atoms with Crippen molar-refractivity contribution >= 4 is 10.0 Å². The van der Waals surface area contributed by atoms with Crippen LogP contribution in [0.25, 0.3) is 0 Å². The molecule has 0 aromatic heterocycles. The lowest BCUT2D eigenvalue weighted by molar-refractivity contribution is 0.0317. The van der Waals surface area contributed by atoms with Gasteiger partial charge in [-0.1, -0.05) is 24.3 Å². The Balaban J connectivity index is 1.73. The van der Waals surface area contributed by atoms with Crippen LogP contribution in [-0.2, 0) is 22.9 Å². The zero-order chi connectivity index (χ0) is 18.1. The van der Waals surface area contributed by atoms with E-state index in [0.717, 1.165) is 11.6 Å². The third-order valence-electron chi connectivity index (χ3n) is 4.52. The molecule has 2 N–H and O–H groups in total. The smallest absolute Gasteiger partial charge is 0.240 e. The Kier molecular flexibility index (Phi) is 4.81. The Morgan fingerprint density at radius 3 is 2.64 bits per heavy atom. The summed E-state index contributed by atoms with van der Waals surface area (Å²) in [7, 11) is -2.62. The molecule has 0 amide bonds. The van der Waals surface area contributed by atoms with Gasteiger partial charge in [-0.3, -0.25) is 0 Å². The molecule has 0 heterocycles. The van der Waals surface area contributed by atoms with Gasteiger partial charge in [0.1, 0.15) is 0 Å². The fraction of sp³-hybridized carbons (Fsp3) is 0.333. The predicted molar refractivity (Wildman–Crippen MR) is 91.6 cm³/mol. The van der Waals surface area contributed by atoms with Gasteiger partial charge in [-0.2, -0.15) is 0 Å². The average Bonchev–Trinajstić information content (AvgIpc) is 2.60. The van der Waals surface area contributed by atoms with Gasteiger partial charge in [0.05, 0.1) is 17.6 Å².